The molecule has 0 spiro atoms. The van der Waals surface area contributed by atoms with E-state index >= 15 is 0 Å². The molecule has 0 aliphatic rings. The van der Waals surface area contributed by atoms with E-state index in [9.17, 15) is 0 Å². The number of ether oxygens (including phenoxy) is 2. The molecule has 0 fully saturated rings. The monoisotopic (exact) mass is 265 g/mol. The summed E-state index contributed by atoms with van der Waals surface area (Å²) < 4.78 is 10.2. The van der Waals surface area contributed by atoms with Gasteiger partial charge in [-0.25, -0.2) is 0 Å². The first-order valence-corrected chi connectivity index (χ1v) is 7.03. The smallest absolute Gasteiger partial charge is 0.0587 e. The maximum absolute atomic E-state index is 5.16. The number of nitrogens with one attached hydrogen (secondary N) is 1. The zero-order valence-electron chi connectivity index (χ0n) is 12.4. The van der Waals surface area contributed by atoms with Crippen molar-refractivity contribution in [2.75, 3.05) is 40.5 Å². The van der Waals surface area contributed by atoms with Crippen molar-refractivity contribution in [2.24, 2.45) is 0 Å². The maximum atomic E-state index is 5.16. The average molecular weight is 265 g/mol. The molecule has 0 bridgehead atoms. The Bertz CT molecular complexity index is 341. The van der Waals surface area contributed by atoms with Crippen LogP contribution < -0.4 is 5.32 Å². The van der Waals surface area contributed by atoms with Gasteiger partial charge in [0.2, 0.25) is 0 Å². The lowest BCUT2D eigenvalue weighted by Gasteiger charge is -2.20. The van der Waals surface area contributed by atoms with E-state index in [4.69, 9.17) is 9.47 Å². The van der Waals surface area contributed by atoms with Crippen LogP contribution in [0, 0.1) is 6.92 Å². The largest absolute Gasteiger partial charge is 0.385 e. The minimum Gasteiger partial charge on any atom is -0.385 e. The zero-order chi connectivity index (χ0) is 13.9. The Morgan fingerprint density at radius 3 is 2.53 bits per heavy atom. The fourth-order valence-corrected chi connectivity index (χ4v) is 2.34. The van der Waals surface area contributed by atoms with Crippen molar-refractivity contribution >= 4 is 0 Å². The van der Waals surface area contributed by atoms with E-state index in [1.165, 1.54) is 11.1 Å². The molecule has 0 aliphatic heterocycles. The summed E-state index contributed by atoms with van der Waals surface area (Å²) in [7, 11) is 3.50. The Balaban J connectivity index is 2.55. The highest BCUT2D eigenvalue weighted by Gasteiger charge is 2.12. The molecule has 19 heavy (non-hydrogen) atoms. The molecular formula is C16H27NO2. The lowest BCUT2D eigenvalue weighted by molar-refractivity contribution is 0.188. The minimum absolute atomic E-state index is 0.549. The number of benzene rings is 1. The molecule has 0 aliphatic carbocycles. The van der Waals surface area contributed by atoms with Gasteiger partial charge in [-0.1, -0.05) is 24.3 Å². The first-order valence-electron chi connectivity index (χ1n) is 7.03. The third-order valence-electron chi connectivity index (χ3n) is 3.40. The van der Waals surface area contributed by atoms with Gasteiger partial charge in [0.15, 0.2) is 0 Å². The Morgan fingerprint density at radius 2 is 1.84 bits per heavy atom. The molecule has 0 amide bonds. The fraction of sp³-hybridized carbons (Fsp3) is 0.625. The molecule has 0 radical (unpaired) electrons. The third kappa shape index (κ3) is 6.19. The summed E-state index contributed by atoms with van der Waals surface area (Å²) >= 11 is 0. The van der Waals surface area contributed by atoms with Crippen LogP contribution in [0.15, 0.2) is 24.3 Å². The number of rotatable bonds is 10. The van der Waals surface area contributed by atoms with Crippen molar-refractivity contribution in [1.82, 2.24) is 5.32 Å². The summed E-state index contributed by atoms with van der Waals surface area (Å²) in [5.74, 6) is 0.549. The maximum Gasteiger partial charge on any atom is 0.0587 e. The number of hydrogen-bond acceptors (Lipinski definition) is 3. The van der Waals surface area contributed by atoms with E-state index in [1.54, 1.807) is 14.2 Å². The topological polar surface area (TPSA) is 30.5 Å². The molecule has 1 unspecified atom stereocenters. The van der Waals surface area contributed by atoms with Crippen LogP contribution in [0.1, 0.15) is 29.9 Å². The van der Waals surface area contributed by atoms with E-state index in [0.717, 1.165) is 39.1 Å². The molecular weight excluding hydrogens is 238 g/mol. The van der Waals surface area contributed by atoms with Crippen LogP contribution in [0.3, 0.4) is 0 Å². The summed E-state index contributed by atoms with van der Waals surface area (Å²) in [5, 5.41) is 3.47. The second kappa shape index (κ2) is 9.96. The molecule has 1 rings (SSSR count). The van der Waals surface area contributed by atoms with E-state index in [1.807, 2.05) is 0 Å². The molecule has 108 valence electrons. The summed E-state index contributed by atoms with van der Waals surface area (Å²) in [5.41, 5.74) is 2.82. The first kappa shape index (κ1) is 16.2. The third-order valence-corrected chi connectivity index (χ3v) is 3.40. The van der Waals surface area contributed by atoms with Gasteiger partial charge in [0.05, 0.1) is 6.61 Å². The highest BCUT2D eigenvalue weighted by molar-refractivity contribution is 5.29. The molecule has 0 saturated carbocycles. The lowest BCUT2D eigenvalue weighted by Crippen LogP contribution is -2.25. The predicted octanol–water partition coefficient (Wildman–Crippen LogP) is 2.74. The number of methoxy groups -OCH3 is 2. The second-order valence-corrected chi connectivity index (χ2v) is 4.89. The van der Waals surface area contributed by atoms with Crippen molar-refractivity contribution < 1.29 is 9.47 Å². The van der Waals surface area contributed by atoms with Crippen LogP contribution in [0.2, 0.25) is 0 Å². The Labute approximate surface area is 117 Å². The summed E-state index contributed by atoms with van der Waals surface area (Å²) in [6.07, 6.45) is 2.25. The molecule has 1 aromatic carbocycles. The molecule has 1 N–H and O–H groups in total. The van der Waals surface area contributed by atoms with Crippen molar-refractivity contribution in [1.29, 1.82) is 0 Å². The predicted molar refractivity (Wildman–Crippen MR) is 79.8 cm³/mol. The van der Waals surface area contributed by atoms with Crippen molar-refractivity contribution in [3.63, 3.8) is 0 Å². The van der Waals surface area contributed by atoms with Crippen LogP contribution in [0.4, 0.5) is 0 Å². The van der Waals surface area contributed by atoms with Gasteiger partial charge in [0.1, 0.15) is 0 Å². The molecule has 0 aromatic heterocycles. The number of hydrogen-bond donors (Lipinski definition) is 1. The lowest BCUT2D eigenvalue weighted by atomic mass is 9.91. The van der Waals surface area contributed by atoms with Crippen molar-refractivity contribution in [2.45, 2.75) is 25.7 Å². The van der Waals surface area contributed by atoms with Crippen LogP contribution >= 0.6 is 0 Å². The SMILES string of the molecule is COCCCC(CNCCOC)c1ccccc1C. The van der Waals surface area contributed by atoms with Gasteiger partial charge in [0.25, 0.3) is 0 Å². The zero-order valence-corrected chi connectivity index (χ0v) is 12.4. The van der Waals surface area contributed by atoms with Gasteiger partial charge in [-0.3, -0.25) is 0 Å². The van der Waals surface area contributed by atoms with Crippen LogP contribution in [0.5, 0.6) is 0 Å². The van der Waals surface area contributed by atoms with Crippen LogP contribution in [0.25, 0.3) is 0 Å². The Hall–Kier alpha value is -0.900. The van der Waals surface area contributed by atoms with Crippen LogP contribution in [-0.2, 0) is 9.47 Å². The Morgan fingerprint density at radius 1 is 1.11 bits per heavy atom. The normalized spacial score (nSPS) is 12.6. The number of aryl methyl sites for hydroxylation is 1. The molecule has 0 heterocycles. The van der Waals surface area contributed by atoms with Gasteiger partial charge < -0.3 is 14.8 Å². The molecule has 3 heteroatoms. The average Bonchev–Trinajstić information content (AvgIpc) is 2.42. The van der Waals surface area contributed by atoms with E-state index in [0.29, 0.717) is 5.92 Å². The highest BCUT2D eigenvalue weighted by Crippen LogP contribution is 2.23. The van der Waals surface area contributed by atoms with Gasteiger partial charge in [-0.2, -0.15) is 0 Å². The molecule has 3 nitrogen and oxygen atoms in total. The fourth-order valence-electron chi connectivity index (χ4n) is 2.34. The first-order chi connectivity index (χ1) is 9.29. The van der Waals surface area contributed by atoms with E-state index < -0.39 is 0 Å². The van der Waals surface area contributed by atoms with Crippen molar-refractivity contribution in [3.05, 3.63) is 35.4 Å². The quantitative estimate of drug-likeness (QED) is 0.660. The van der Waals surface area contributed by atoms with Gasteiger partial charge in [-0.05, 0) is 36.8 Å². The highest BCUT2D eigenvalue weighted by atomic mass is 16.5. The second-order valence-electron chi connectivity index (χ2n) is 4.89. The molecule has 1 aromatic rings. The minimum atomic E-state index is 0.549. The van der Waals surface area contributed by atoms with Gasteiger partial charge >= 0.3 is 0 Å². The van der Waals surface area contributed by atoms with Gasteiger partial charge in [-0.15, -0.1) is 0 Å². The Kier molecular flexibility index (Phi) is 8.47. The van der Waals surface area contributed by atoms with Crippen molar-refractivity contribution in [3.8, 4) is 0 Å². The summed E-state index contributed by atoms with van der Waals surface area (Å²) in [4.78, 5) is 0. The molecule has 1 atom stereocenters. The summed E-state index contributed by atoms with van der Waals surface area (Å²) in [6, 6.07) is 8.66. The van der Waals surface area contributed by atoms with E-state index in [-0.39, 0.29) is 0 Å². The van der Waals surface area contributed by atoms with Crippen LogP contribution in [-0.4, -0.2) is 40.5 Å². The summed E-state index contributed by atoms with van der Waals surface area (Å²) in [6.45, 7) is 5.69. The standard InChI is InChI=1S/C16H27NO2/c1-14-7-4-5-9-16(14)15(8-6-11-18-2)13-17-10-12-19-3/h4-5,7,9,15,17H,6,8,10-13H2,1-3H3. The van der Waals surface area contributed by atoms with Gasteiger partial charge in [0, 0.05) is 33.9 Å². The van der Waals surface area contributed by atoms with E-state index in [2.05, 4.69) is 36.5 Å². The molecule has 0 saturated heterocycles.